The van der Waals surface area contributed by atoms with E-state index in [1.54, 1.807) is 4.90 Å². The quantitative estimate of drug-likeness (QED) is 0.813. The predicted molar refractivity (Wildman–Crippen MR) is 97.9 cm³/mol. The van der Waals surface area contributed by atoms with Crippen LogP contribution in [0.3, 0.4) is 0 Å². The highest BCUT2D eigenvalue weighted by atomic mass is 19.1. The Morgan fingerprint density at radius 2 is 1.93 bits per heavy atom. The Bertz CT molecular complexity index is 877. The summed E-state index contributed by atoms with van der Waals surface area (Å²) in [4.78, 5) is 25.6. The number of carbonyl (C=O) groups is 1. The second kappa shape index (κ2) is 6.55. The second-order valence-electron chi connectivity index (χ2n) is 7.71. The zero-order valence-corrected chi connectivity index (χ0v) is 15.5. The highest BCUT2D eigenvalue weighted by Crippen LogP contribution is 2.44. The third kappa shape index (κ3) is 3.15. The van der Waals surface area contributed by atoms with Gasteiger partial charge in [0.15, 0.2) is 0 Å². The molecule has 1 amide bonds. The van der Waals surface area contributed by atoms with Gasteiger partial charge >= 0.3 is 0 Å². The molecule has 1 aliphatic carbocycles. The Balaban J connectivity index is 1.64. The second-order valence-corrected chi connectivity index (χ2v) is 7.71. The number of hydrogen-bond acceptors (Lipinski definition) is 4. The molecular weight excluding hydrogens is 350 g/mol. The van der Waals surface area contributed by atoms with Gasteiger partial charge in [-0.15, -0.1) is 0 Å². The number of amides is 1. The number of fused-ring (bicyclic) bond motifs is 2. The maximum absolute atomic E-state index is 13.5. The topological polar surface area (TPSA) is 49.3 Å². The third-order valence-corrected chi connectivity index (χ3v) is 5.60. The van der Waals surface area contributed by atoms with E-state index in [1.165, 1.54) is 0 Å². The van der Waals surface area contributed by atoms with E-state index in [9.17, 15) is 13.6 Å². The van der Waals surface area contributed by atoms with Crippen molar-refractivity contribution in [3.05, 3.63) is 52.9 Å². The number of piperidine rings is 1. The molecule has 1 aliphatic heterocycles. The molecule has 1 aromatic carbocycles. The molecule has 142 valence electrons. The van der Waals surface area contributed by atoms with Gasteiger partial charge in [-0.3, -0.25) is 4.79 Å². The lowest BCUT2D eigenvalue weighted by molar-refractivity contribution is 0.0632. The van der Waals surface area contributed by atoms with Crippen molar-refractivity contribution in [1.82, 2.24) is 14.9 Å². The van der Waals surface area contributed by atoms with Crippen molar-refractivity contribution < 1.29 is 13.6 Å². The van der Waals surface area contributed by atoms with Crippen LogP contribution in [0.15, 0.2) is 24.4 Å². The molecule has 2 heterocycles. The molecule has 7 heteroatoms. The number of halogens is 2. The lowest BCUT2D eigenvalue weighted by Gasteiger charge is -2.40. The van der Waals surface area contributed by atoms with Crippen molar-refractivity contribution in [2.24, 2.45) is 0 Å². The Hall–Kier alpha value is -2.57. The molecule has 0 saturated carbocycles. The molecule has 1 aromatic heterocycles. The van der Waals surface area contributed by atoms with Crippen LogP contribution in [-0.2, 0) is 11.8 Å². The van der Waals surface area contributed by atoms with Crippen LogP contribution in [0.1, 0.15) is 40.9 Å². The first-order chi connectivity index (χ1) is 12.9. The zero-order chi connectivity index (χ0) is 19.2. The van der Waals surface area contributed by atoms with Crippen molar-refractivity contribution in [1.29, 1.82) is 0 Å². The van der Waals surface area contributed by atoms with Crippen LogP contribution < -0.4 is 4.90 Å². The molecule has 1 spiro atoms. The first-order valence-electron chi connectivity index (χ1n) is 9.17. The number of aryl methyl sites for hydroxylation is 1. The van der Waals surface area contributed by atoms with Gasteiger partial charge in [0, 0.05) is 50.4 Å². The van der Waals surface area contributed by atoms with Gasteiger partial charge in [0.2, 0.25) is 5.95 Å². The van der Waals surface area contributed by atoms with Gasteiger partial charge in [0.1, 0.15) is 11.6 Å². The van der Waals surface area contributed by atoms with E-state index in [0.717, 1.165) is 55.1 Å². The highest BCUT2D eigenvalue weighted by Gasteiger charge is 2.45. The average Bonchev–Trinajstić information content (AvgIpc) is 2.97. The minimum Gasteiger partial charge on any atom is -0.347 e. The molecule has 2 aliphatic rings. The fourth-order valence-corrected chi connectivity index (χ4v) is 4.31. The lowest BCUT2D eigenvalue weighted by Crippen LogP contribution is -2.48. The molecule has 1 atom stereocenters. The van der Waals surface area contributed by atoms with Crippen LogP contribution >= 0.6 is 0 Å². The summed E-state index contributed by atoms with van der Waals surface area (Å²) >= 11 is 0. The van der Waals surface area contributed by atoms with Gasteiger partial charge in [0.05, 0.1) is 5.69 Å². The Morgan fingerprint density at radius 3 is 2.63 bits per heavy atom. The van der Waals surface area contributed by atoms with E-state index in [4.69, 9.17) is 4.98 Å². The smallest absolute Gasteiger partial charge is 0.254 e. The largest absolute Gasteiger partial charge is 0.347 e. The van der Waals surface area contributed by atoms with Crippen molar-refractivity contribution in [3.8, 4) is 0 Å². The van der Waals surface area contributed by atoms with Gasteiger partial charge in [-0.2, -0.15) is 0 Å². The van der Waals surface area contributed by atoms with E-state index >= 15 is 0 Å². The van der Waals surface area contributed by atoms with Crippen LogP contribution in [0.5, 0.6) is 0 Å². The minimum absolute atomic E-state index is 0.0550. The van der Waals surface area contributed by atoms with Crippen LogP contribution in [-0.4, -0.2) is 48.0 Å². The maximum Gasteiger partial charge on any atom is 0.254 e. The number of hydrogen-bond donors (Lipinski definition) is 0. The number of rotatable bonds is 2. The van der Waals surface area contributed by atoms with Crippen LogP contribution in [0.4, 0.5) is 14.7 Å². The van der Waals surface area contributed by atoms with Gasteiger partial charge in [0.25, 0.3) is 5.91 Å². The fraction of sp³-hybridized carbons (Fsp3) is 0.450. The van der Waals surface area contributed by atoms with Crippen LogP contribution in [0.25, 0.3) is 0 Å². The van der Waals surface area contributed by atoms with E-state index in [-0.39, 0.29) is 16.9 Å². The molecule has 4 rings (SSSR count). The zero-order valence-electron chi connectivity index (χ0n) is 15.5. The standard InChI is InChI=1S/C20H22F2N4O/c1-25(2)19-23-11-13-4-6-20(17(13)24-19)5-3-7-26(12-20)18(27)14-8-15(21)10-16(22)9-14/h8-11H,3-7,12H2,1-2H3. The summed E-state index contributed by atoms with van der Waals surface area (Å²) in [5, 5.41) is 0. The number of aromatic nitrogens is 2. The number of nitrogens with zero attached hydrogens (tertiary/aromatic N) is 4. The van der Waals surface area contributed by atoms with Gasteiger partial charge < -0.3 is 9.80 Å². The average molecular weight is 372 g/mol. The molecule has 2 aromatic rings. The molecule has 0 bridgehead atoms. The van der Waals surface area contributed by atoms with E-state index in [2.05, 4.69) is 4.98 Å². The van der Waals surface area contributed by atoms with Crippen LogP contribution in [0, 0.1) is 11.6 Å². The highest BCUT2D eigenvalue weighted by molar-refractivity contribution is 5.94. The molecular formula is C20H22F2N4O. The van der Waals surface area contributed by atoms with Crippen molar-refractivity contribution in [2.75, 3.05) is 32.1 Å². The van der Waals surface area contributed by atoms with Crippen molar-refractivity contribution in [2.45, 2.75) is 31.1 Å². The van der Waals surface area contributed by atoms with Gasteiger partial charge in [-0.25, -0.2) is 18.7 Å². The normalized spacial score (nSPS) is 21.4. The summed E-state index contributed by atoms with van der Waals surface area (Å²) in [6, 6.07) is 2.98. The van der Waals surface area contributed by atoms with Crippen molar-refractivity contribution >= 4 is 11.9 Å². The molecule has 27 heavy (non-hydrogen) atoms. The summed E-state index contributed by atoms with van der Waals surface area (Å²) in [5.41, 5.74) is 2.00. The molecule has 0 N–H and O–H groups in total. The van der Waals surface area contributed by atoms with Gasteiger partial charge in [-0.05, 0) is 43.4 Å². The Morgan fingerprint density at radius 1 is 1.19 bits per heavy atom. The fourth-order valence-electron chi connectivity index (χ4n) is 4.31. The Kier molecular flexibility index (Phi) is 4.32. The van der Waals surface area contributed by atoms with E-state index in [0.29, 0.717) is 19.0 Å². The number of likely N-dealkylation sites (tertiary alicyclic amines) is 1. The predicted octanol–water partition coefficient (Wildman–Crippen LogP) is 2.94. The summed E-state index contributed by atoms with van der Waals surface area (Å²) in [7, 11) is 3.80. The van der Waals surface area contributed by atoms with Crippen molar-refractivity contribution in [3.63, 3.8) is 0 Å². The summed E-state index contributed by atoms with van der Waals surface area (Å²) in [6.45, 7) is 1.10. The minimum atomic E-state index is -0.736. The molecule has 5 nitrogen and oxygen atoms in total. The SMILES string of the molecule is CN(C)c1ncc2c(n1)C1(CCCN(C(=O)c3cc(F)cc(F)c3)C1)CC2. The molecule has 1 unspecified atom stereocenters. The van der Waals surface area contributed by atoms with E-state index in [1.807, 2.05) is 25.2 Å². The first kappa shape index (κ1) is 17.8. The summed E-state index contributed by atoms with van der Waals surface area (Å²) in [5.74, 6) is -1.15. The molecule has 1 fully saturated rings. The third-order valence-electron chi connectivity index (χ3n) is 5.60. The number of anilines is 1. The summed E-state index contributed by atoms with van der Waals surface area (Å²) in [6.07, 6.45) is 5.47. The maximum atomic E-state index is 13.5. The number of benzene rings is 1. The number of carbonyl (C=O) groups excluding carboxylic acids is 1. The molecule has 0 radical (unpaired) electrons. The lowest BCUT2D eigenvalue weighted by atomic mass is 9.77. The first-order valence-corrected chi connectivity index (χ1v) is 9.17. The monoisotopic (exact) mass is 372 g/mol. The Labute approximate surface area is 157 Å². The van der Waals surface area contributed by atoms with E-state index < -0.39 is 11.6 Å². The molecule has 1 saturated heterocycles. The van der Waals surface area contributed by atoms with Crippen LogP contribution in [0.2, 0.25) is 0 Å². The summed E-state index contributed by atoms with van der Waals surface area (Å²) < 4.78 is 27.1. The van der Waals surface area contributed by atoms with Gasteiger partial charge in [-0.1, -0.05) is 0 Å².